The maximum atomic E-state index is 12.4. The zero-order valence-electron chi connectivity index (χ0n) is 15.7. The van der Waals surface area contributed by atoms with Gasteiger partial charge < -0.3 is 15.7 Å². The molecule has 0 spiro atoms. The van der Waals surface area contributed by atoms with E-state index in [0.29, 0.717) is 18.4 Å². The van der Waals surface area contributed by atoms with Crippen molar-refractivity contribution in [2.75, 3.05) is 5.32 Å². The fraction of sp³-hybridized carbons (Fsp3) is 0.333. The molecule has 0 aromatic heterocycles. The Bertz CT molecular complexity index is 754. The molecule has 0 aliphatic carbocycles. The molecule has 2 rings (SSSR count). The highest BCUT2D eigenvalue weighted by molar-refractivity contribution is 5.91. The number of rotatable bonds is 6. The van der Waals surface area contributed by atoms with Crippen molar-refractivity contribution in [3.05, 3.63) is 64.7 Å². The van der Waals surface area contributed by atoms with Gasteiger partial charge in [-0.3, -0.25) is 0 Å². The fourth-order valence-electron chi connectivity index (χ4n) is 2.80. The van der Waals surface area contributed by atoms with Crippen molar-refractivity contribution in [3.8, 4) is 0 Å². The predicted octanol–water partition coefficient (Wildman–Crippen LogP) is 4.95. The van der Waals surface area contributed by atoms with Crippen LogP contribution >= 0.6 is 0 Å². The van der Waals surface area contributed by atoms with Gasteiger partial charge in [0.25, 0.3) is 0 Å². The smallest absolute Gasteiger partial charge is 0.335 e. The number of amides is 2. The lowest BCUT2D eigenvalue weighted by atomic mass is 9.93. The van der Waals surface area contributed by atoms with Crippen molar-refractivity contribution in [1.29, 1.82) is 0 Å². The van der Waals surface area contributed by atoms with E-state index in [1.165, 1.54) is 12.1 Å². The largest absolute Gasteiger partial charge is 0.478 e. The number of urea groups is 1. The third-order valence-electron chi connectivity index (χ3n) is 4.27. The summed E-state index contributed by atoms with van der Waals surface area (Å²) in [4.78, 5) is 23.3. The van der Waals surface area contributed by atoms with Gasteiger partial charge in [-0.2, -0.15) is 0 Å². The quantitative estimate of drug-likeness (QED) is 0.686. The molecule has 5 nitrogen and oxygen atoms in total. The van der Waals surface area contributed by atoms with Gasteiger partial charge in [-0.25, -0.2) is 9.59 Å². The van der Waals surface area contributed by atoms with Gasteiger partial charge in [-0.15, -0.1) is 0 Å². The van der Waals surface area contributed by atoms with E-state index in [4.69, 9.17) is 5.11 Å². The lowest BCUT2D eigenvalue weighted by Crippen LogP contribution is -2.29. The van der Waals surface area contributed by atoms with Crippen LogP contribution in [0.4, 0.5) is 10.5 Å². The number of para-hydroxylation sites is 1. The van der Waals surface area contributed by atoms with E-state index in [-0.39, 0.29) is 11.6 Å². The lowest BCUT2D eigenvalue weighted by molar-refractivity contribution is 0.0697. The average molecular weight is 354 g/mol. The molecule has 138 valence electrons. The highest BCUT2D eigenvalue weighted by Gasteiger charge is 2.15. The third kappa shape index (κ3) is 4.85. The Hall–Kier alpha value is -2.82. The zero-order chi connectivity index (χ0) is 19.3. The van der Waals surface area contributed by atoms with Crippen LogP contribution in [0.5, 0.6) is 0 Å². The first-order chi connectivity index (χ1) is 12.3. The average Bonchev–Trinajstić information content (AvgIpc) is 2.60. The van der Waals surface area contributed by atoms with Crippen molar-refractivity contribution in [2.24, 2.45) is 0 Å². The molecule has 0 radical (unpaired) electrons. The molecule has 0 aliphatic rings. The van der Waals surface area contributed by atoms with E-state index in [1.807, 2.05) is 18.2 Å². The number of benzene rings is 2. The highest BCUT2D eigenvalue weighted by Crippen LogP contribution is 2.32. The second-order valence-electron chi connectivity index (χ2n) is 6.93. The van der Waals surface area contributed by atoms with Gasteiger partial charge >= 0.3 is 12.0 Å². The summed E-state index contributed by atoms with van der Waals surface area (Å²) >= 11 is 0. The summed E-state index contributed by atoms with van der Waals surface area (Å²) in [5.74, 6) is -0.367. The molecule has 3 N–H and O–H groups in total. The number of carbonyl (C=O) groups excluding carboxylic acids is 1. The van der Waals surface area contributed by atoms with Crippen LogP contribution in [0.25, 0.3) is 0 Å². The summed E-state index contributed by atoms with van der Waals surface area (Å²) in [6.45, 7) is 8.74. The van der Waals surface area contributed by atoms with E-state index < -0.39 is 5.97 Å². The first kappa shape index (κ1) is 19.5. The molecule has 5 heteroatoms. The van der Waals surface area contributed by atoms with Crippen molar-refractivity contribution in [3.63, 3.8) is 0 Å². The van der Waals surface area contributed by atoms with Gasteiger partial charge in [-0.05, 0) is 40.7 Å². The number of anilines is 1. The summed E-state index contributed by atoms with van der Waals surface area (Å²) < 4.78 is 0. The molecule has 0 aliphatic heterocycles. The summed E-state index contributed by atoms with van der Waals surface area (Å²) in [6.07, 6.45) is 0. The molecule has 0 atom stereocenters. The molecule has 2 amide bonds. The monoisotopic (exact) mass is 354 g/mol. The number of carboxylic acid groups (broad SMARTS) is 1. The first-order valence-electron chi connectivity index (χ1n) is 8.79. The van der Waals surface area contributed by atoms with E-state index >= 15 is 0 Å². The standard InChI is InChI=1S/C21H26N2O3/c1-13(2)17-6-5-7-18(14(3)4)19(17)23-21(26)22-12-15-8-10-16(11-9-15)20(24)25/h5-11,13-14H,12H2,1-4H3,(H,24,25)(H2,22,23,26). The summed E-state index contributed by atoms with van der Waals surface area (Å²) in [6, 6.07) is 12.3. The Kier molecular flexibility index (Phi) is 6.39. The van der Waals surface area contributed by atoms with Crippen molar-refractivity contribution in [2.45, 2.75) is 46.1 Å². The topological polar surface area (TPSA) is 78.4 Å². The Labute approximate surface area is 154 Å². The number of hydrogen-bond donors (Lipinski definition) is 3. The normalized spacial score (nSPS) is 10.8. The SMILES string of the molecule is CC(C)c1cccc(C(C)C)c1NC(=O)NCc1ccc(C(=O)O)cc1. The number of aromatic carboxylic acids is 1. The van der Waals surface area contributed by atoms with Gasteiger partial charge in [0, 0.05) is 12.2 Å². The fourth-order valence-corrected chi connectivity index (χ4v) is 2.80. The molecule has 2 aromatic rings. The predicted molar refractivity (Wildman–Crippen MR) is 104 cm³/mol. The Morgan fingerprint density at radius 1 is 0.923 bits per heavy atom. The summed E-state index contributed by atoms with van der Waals surface area (Å²) in [5, 5.41) is 14.7. The molecular formula is C21H26N2O3. The summed E-state index contributed by atoms with van der Waals surface area (Å²) in [5.41, 5.74) is 4.16. The van der Waals surface area contributed by atoms with Crippen LogP contribution in [0.2, 0.25) is 0 Å². The minimum atomic E-state index is -0.964. The minimum absolute atomic E-state index is 0.227. The van der Waals surface area contributed by atoms with Crippen LogP contribution in [0.15, 0.2) is 42.5 Å². The molecule has 0 bridgehead atoms. The van der Waals surface area contributed by atoms with Gasteiger partial charge in [0.05, 0.1) is 5.56 Å². The van der Waals surface area contributed by atoms with Crippen molar-refractivity contribution >= 4 is 17.7 Å². The van der Waals surface area contributed by atoms with E-state index in [2.05, 4.69) is 38.3 Å². The second-order valence-corrected chi connectivity index (χ2v) is 6.93. The van der Waals surface area contributed by atoms with E-state index in [0.717, 1.165) is 22.4 Å². The van der Waals surface area contributed by atoms with Gasteiger partial charge in [-0.1, -0.05) is 58.0 Å². The molecule has 2 aromatic carbocycles. The maximum absolute atomic E-state index is 12.4. The number of carboxylic acids is 1. The molecule has 0 saturated heterocycles. The summed E-state index contributed by atoms with van der Waals surface area (Å²) in [7, 11) is 0. The second kappa shape index (κ2) is 8.52. The van der Waals surface area contributed by atoms with Crippen LogP contribution in [0.3, 0.4) is 0 Å². The number of carbonyl (C=O) groups is 2. The van der Waals surface area contributed by atoms with Gasteiger partial charge in [0.15, 0.2) is 0 Å². The Balaban J connectivity index is 2.09. The molecule has 0 saturated carbocycles. The minimum Gasteiger partial charge on any atom is -0.478 e. The van der Waals surface area contributed by atoms with Gasteiger partial charge in [0.1, 0.15) is 0 Å². The van der Waals surface area contributed by atoms with Crippen LogP contribution in [-0.2, 0) is 6.54 Å². The lowest BCUT2D eigenvalue weighted by Gasteiger charge is -2.20. The molecule has 0 unspecified atom stereocenters. The first-order valence-corrected chi connectivity index (χ1v) is 8.79. The highest BCUT2D eigenvalue weighted by atomic mass is 16.4. The van der Waals surface area contributed by atoms with Crippen LogP contribution in [0, 0.1) is 0 Å². The molecule has 26 heavy (non-hydrogen) atoms. The van der Waals surface area contributed by atoms with Crippen molar-refractivity contribution < 1.29 is 14.7 Å². The van der Waals surface area contributed by atoms with Crippen molar-refractivity contribution in [1.82, 2.24) is 5.32 Å². The molecular weight excluding hydrogens is 328 g/mol. The molecule has 0 fully saturated rings. The van der Waals surface area contributed by atoms with Crippen LogP contribution in [0.1, 0.15) is 66.6 Å². The third-order valence-corrected chi connectivity index (χ3v) is 4.27. The van der Waals surface area contributed by atoms with E-state index in [1.54, 1.807) is 12.1 Å². The molecule has 0 heterocycles. The van der Waals surface area contributed by atoms with E-state index in [9.17, 15) is 9.59 Å². The number of hydrogen-bond acceptors (Lipinski definition) is 2. The Morgan fingerprint density at radius 3 is 1.92 bits per heavy atom. The Morgan fingerprint density at radius 2 is 1.46 bits per heavy atom. The van der Waals surface area contributed by atoms with Crippen LogP contribution in [-0.4, -0.2) is 17.1 Å². The maximum Gasteiger partial charge on any atom is 0.335 e. The zero-order valence-corrected chi connectivity index (χ0v) is 15.7. The van der Waals surface area contributed by atoms with Gasteiger partial charge in [0.2, 0.25) is 0 Å². The van der Waals surface area contributed by atoms with Crippen LogP contribution < -0.4 is 10.6 Å². The number of nitrogens with one attached hydrogen (secondary N) is 2.